The normalized spacial score (nSPS) is 11.7. The Morgan fingerprint density at radius 2 is 2.00 bits per heavy atom. The van der Waals surface area contributed by atoms with Gasteiger partial charge in [0.25, 0.3) is 5.69 Å². The smallest absolute Gasteiger partial charge is 0.293 e. The molecule has 7 heteroatoms. The van der Waals surface area contributed by atoms with E-state index in [1.165, 1.54) is 18.2 Å². The largest absolute Gasteiger partial charge is 0.373 e. The molecule has 0 aliphatic heterocycles. The number of nitrogens with one attached hydrogen (secondary N) is 1. The van der Waals surface area contributed by atoms with Crippen molar-refractivity contribution in [1.82, 2.24) is 0 Å². The quantitative estimate of drug-likeness (QED) is 0.625. The topological polar surface area (TPSA) is 98.3 Å². The summed E-state index contributed by atoms with van der Waals surface area (Å²) in [4.78, 5) is 21.8. The van der Waals surface area contributed by atoms with Crippen molar-refractivity contribution < 1.29 is 9.72 Å². The average Bonchev–Trinajstić information content (AvgIpc) is 2.47. The van der Waals surface area contributed by atoms with Crippen molar-refractivity contribution in [2.24, 2.45) is 5.73 Å². The standard InChI is InChI=1S/C15H14BrN3O3/c1-9(11-4-2-3-5-12(11)16)18-13-7-6-10(15(17)20)8-14(13)19(21)22/h2-9,18H,1H3,(H2,17,20). The van der Waals surface area contributed by atoms with Crippen LogP contribution in [-0.2, 0) is 0 Å². The Morgan fingerprint density at radius 1 is 1.32 bits per heavy atom. The highest BCUT2D eigenvalue weighted by molar-refractivity contribution is 9.10. The molecule has 3 N–H and O–H groups in total. The number of nitrogens with zero attached hydrogens (tertiary/aromatic N) is 1. The molecule has 0 radical (unpaired) electrons. The summed E-state index contributed by atoms with van der Waals surface area (Å²) in [6.07, 6.45) is 0. The van der Waals surface area contributed by atoms with Crippen LogP contribution in [0.5, 0.6) is 0 Å². The van der Waals surface area contributed by atoms with E-state index in [2.05, 4.69) is 21.2 Å². The van der Waals surface area contributed by atoms with Gasteiger partial charge in [0.15, 0.2) is 0 Å². The number of hydrogen-bond acceptors (Lipinski definition) is 4. The number of carbonyl (C=O) groups is 1. The molecule has 0 aliphatic rings. The summed E-state index contributed by atoms with van der Waals surface area (Å²) in [5.74, 6) is -0.700. The van der Waals surface area contributed by atoms with Gasteiger partial charge >= 0.3 is 0 Å². The predicted molar refractivity (Wildman–Crippen MR) is 87.8 cm³/mol. The molecule has 0 fully saturated rings. The van der Waals surface area contributed by atoms with Gasteiger partial charge in [-0.3, -0.25) is 14.9 Å². The number of nitro groups is 1. The minimum atomic E-state index is -0.700. The summed E-state index contributed by atoms with van der Waals surface area (Å²) in [6.45, 7) is 1.89. The van der Waals surface area contributed by atoms with Crippen molar-refractivity contribution in [3.05, 3.63) is 68.2 Å². The third-order valence-electron chi connectivity index (χ3n) is 3.22. The van der Waals surface area contributed by atoms with Gasteiger partial charge < -0.3 is 11.1 Å². The molecule has 0 heterocycles. The monoisotopic (exact) mass is 363 g/mol. The Balaban J connectivity index is 2.35. The minimum Gasteiger partial charge on any atom is -0.373 e. The summed E-state index contributed by atoms with van der Waals surface area (Å²) < 4.78 is 0.909. The van der Waals surface area contributed by atoms with Crippen LogP contribution in [0.25, 0.3) is 0 Å². The Labute approximate surface area is 135 Å². The van der Waals surface area contributed by atoms with E-state index >= 15 is 0 Å². The van der Waals surface area contributed by atoms with E-state index in [-0.39, 0.29) is 17.3 Å². The van der Waals surface area contributed by atoms with Crippen molar-refractivity contribution in [3.63, 3.8) is 0 Å². The molecule has 1 amide bonds. The van der Waals surface area contributed by atoms with Gasteiger partial charge in [-0.05, 0) is 30.7 Å². The van der Waals surface area contributed by atoms with Crippen LogP contribution in [0.2, 0.25) is 0 Å². The number of amides is 1. The number of carbonyl (C=O) groups excluding carboxylic acids is 1. The summed E-state index contributed by atoms with van der Waals surface area (Å²) >= 11 is 3.45. The number of hydrogen-bond donors (Lipinski definition) is 2. The highest BCUT2D eigenvalue weighted by Crippen LogP contribution is 2.31. The molecular weight excluding hydrogens is 350 g/mol. The Bertz CT molecular complexity index is 734. The molecule has 0 saturated carbocycles. The maximum Gasteiger partial charge on any atom is 0.293 e. The second-order valence-corrected chi connectivity index (χ2v) is 5.60. The van der Waals surface area contributed by atoms with Crippen LogP contribution in [0.1, 0.15) is 28.9 Å². The third-order valence-corrected chi connectivity index (χ3v) is 3.94. The summed E-state index contributed by atoms with van der Waals surface area (Å²) in [6, 6.07) is 11.6. The van der Waals surface area contributed by atoms with E-state index in [4.69, 9.17) is 5.73 Å². The number of halogens is 1. The number of anilines is 1. The Morgan fingerprint density at radius 3 is 2.59 bits per heavy atom. The van der Waals surface area contributed by atoms with Crippen molar-refractivity contribution in [3.8, 4) is 0 Å². The maximum absolute atomic E-state index is 11.2. The van der Waals surface area contributed by atoms with Crippen molar-refractivity contribution in [1.29, 1.82) is 0 Å². The first-order valence-electron chi connectivity index (χ1n) is 6.49. The van der Waals surface area contributed by atoms with E-state index in [0.29, 0.717) is 5.69 Å². The van der Waals surface area contributed by atoms with Crippen LogP contribution in [0.15, 0.2) is 46.9 Å². The lowest BCUT2D eigenvalue weighted by atomic mass is 10.1. The van der Waals surface area contributed by atoms with E-state index in [1.807, 2.05) is 31.2 Å². The molecule has 0 saturated heterocycles. The predicted octanol–water partition coefficient (Wildman–Crippen LogP) is 3.63. The Hall–Kier alpha value is -2.41. The molecule has 1 atom stereocenters. The first-order valence-corrected chi connectivity index (χ1v) is 7.28. The first kappa shape index (κ1) is 16.0. The summed E-state index contributed by atoms with van der Waals surface area (Å²) in [5, 5.41) is 14.3. The number of nitro benzene ring substituents is 1. The maximum atomic E-state index is 11.2. The van der Waals surface area contributed by atoms with Gasteiger partial charge in [-0.25, -0.2) is 0 Å². The van der Waals surface area contributed by atoms with E-state index in [9.17, 15) is 14.9 Å². The molecule has 2 aromatic carbocycles. The molecule has 0 aromatic heterocycles. The minimum absolute atomic E-state index is 0.103. The van der Waals surface area contributed by atoms with Gasteiger partial charge in [0.1, 0.15) is 5.69 Å². The lowest BCUT2D eigenvalue weighted by Gasteiger charge is -2.17. The number of nitrogens with two attached hydrogens (primary N) is 1. The summed E-state index contributed by atoms with van der Waals surface area (Å²) in [7, 11) is 0. The number of benzene rings is 2. The number of rotatable bonds is 5. The first-order chi connectivity index (χ1) is 10.4. The zero-order valence-electron chi connectivity index (χ0n) is 11.7. The highest BCUT2D eigenvalue weighted by Gasteiger charge is 2.19. The second-order valence-electron chi connectivity index (χ2n) is 4.74. The van der Waals surface area contributed by atoms with Gasteiger partial charge in [-0.1, -0.05) is 34.1 Å². The lowest BCUT2D eigenvalue weighted by Crippen LogP contribution is -2.13. The van der Waals surface area contributed by atoms with Crippen molar-refractivity contribution >= 4 is 33.2 Å². The van der Waals surface area contributed by atoms with Crippen LogP contribution in [0.4, 0.5) is 11.4 Å². The number of primary amides is 1. The summed E-state index contributed by atoms with van der Waals surface area (Å²) in [5.41, 5.74) is 6.37. The molecule has 22 heavy (non-hydrogen) atoms. The van der Waals surface area contributed by atoms with Gasteiger partial charge in [0, 0.05) is 22.1 Å². The fourth-order valence-corrected chi connectivity index (χ4v) is 2.72. The van der Waals surface area contributed by atoms with Crippen LogP contribution in [0.3, 0.4) is 0 Å². The van der Waals surface area contributed by atoms with Crippen LogP contribution < -0.4 is 11.1 Å². The van der Waals surface area contributed by atoms with Crippen LogP contribution in [0, 0.1) is 10.1 Å². The molecule has 6 nitrogen and oxygen atoms in total. The van der Waals surface area contributed by atoms with Gasteiger partial charge in [0.05, 0.1) is 4.92 Å². The molecule has 2 aromatic rings. The Kier molecular flexibility index (Phi) is 4.77. The molecular formula is C15H14BrN3O3. The third kappa shape index (κ3) is 3.43. The fourth-order valence-electron chi connectivity index (χ4n) is 2.10. The SMILES string of the molecule is CC(Nc1ccc(C(N)=O)cc1[N+](=O)[O-])c1ccccc1Br. The van der Waals surface area contributed by atoms with Crippen LogP contribution in [-0.4, -0.2) is 10.8 Å². The molecule has 1 unspecified atom stereocenters. The highest BCUT2D eigenvalue weighted by atomic mass is 79.9. The molecule has 114 valence electrons. The van der Waals surface area contributed by atoms with E-state index < -0.39 is 10.8 Å². The van der Waals surface area contributed by atoms with E-state index in [0.717, 1.165) is 10.0 Å². The van der Waals surface area contributed by atoms with Gasteiger partial charge in [-0.15, -0.1) is 0 Å². The van der Waals surface area contributed by atoms with E-state index in [1.54, 1.807) is 0 Å². The zero-order chi connectivity index (χ0) is 16.3. The zero-order valence-corrected chi connectivity index (χ0v) is 13.3. The fraction of sp³-hybridized carbons (Fsp3) is 0.133. The lowest BCUT2D eigenvalue weighted by molar-refractivity contribution is -0.384. The van der Waals surface area contributed by atoms with Crippen molar-refractivity contribution in [2.45, 2.75) is 13.0 Å². The van der Waals surface area contributed by atoms with Crippen molar-refractivity contribution in [2.75, 3.05) is 5.32 Å². The van der Waals surface area contributed by atoms with Gasteiger partial charge in [-0.2, -0.15) is 0 Å². The second kappa shape index (κ2) is 6.57. The average molecular weight is 364 g/mol. The molecule has 0 bridgehead atoms. The molecule has 2 rings (SSSR count). The van der Waals surface area contributed by atoms with Crippen LogP contribution >= 0.6 is 15.9 Å². The molecule has 0 aliphatic carbocycles. The van der Waals surface area contributed by atoms with Gasteiger partial charge in [0.2, 0.25) is 5.91 Å². The molecule has 0 spiro atoms.